The van der Waals surface area contributed by atoms with Crippen molar-refractivity contribution in [3.8, 4) is 5.75 Å². The van der Waals surface area contributed by atoms with Crippen molar-refractivity contribution >= 4 is 40.8 Å². The van der Waals surface area contributed by atoms with E-state index in [0.717, 1.165) is 61.6 Å². The van der Waals surface area contributed by atoms with Gasteiger partial charge in [0.25, 0.3) is 0 Å². The van der Waals surface area contributed by atoms with Gasteiger partial charge in [-0.05, 0) is 53.8 Å². The summed E-state index contributed by atoms with van der Waals surface area (Å²) in [6.45, 7) is 2.35. The second kappa shape index (κ2) is 9.96. The van der Waals surface area contributed by atoms with Gasteiger partial charge in [0.2, 0.25) is 0 Å². The van der Waals surface area contributed by atoms with Crippen molar-refractivity contribution in [3.63, 3.8) is 0 Å². The van der Waals surface area contributed by atoms with Gasteiger partial charge in [-0.15, -0.1) is 24.0 Å². The molecule has 0 unspecified atom stereocenters. The zero-order valence-electron chi connectivity index (χ0n) is 16.4. The summed E-state index contributed by atoms with van der Waals surface area (Å²) in [5.74, 6) is 1.59. The molecule has 0 aliphatic carbocycles. The number of aromatic nitrogens is 1. The van der Waals surface area contributed by atoms with Crippen LogP contribution in [-0.4, -0.2) is 37.7 Å². The quantitative estimate of drug-likeness (QED) is 0.270. The molecule has 5 nitrogen and oxygen atoms in total. The van der Waals surface area contributed by atoms with E-state index in [0.29, 0.717) is 0 Å². The van der Waals surface area contributed by atoms with Crippen LogP contribution in [0, 0.1) is 5.82 Å². The molecular weight excluding hydrogens is 482 g/mol. The lowest BCUT2D eigenvalue weighted by Crippen LogP contribution is -2.39. The lowest BCUT2D eigenvalue weighted by molar-refractivity contribution is 0.357. The fraction of sp³-hybridized carbons (Fsp3) is 0.318. The third-order valence-electron chi connectivity index (χ3n) is 5.10. The standard InChI is InChI=1S/C22H25FN4O.HI/c1-24-22(25-9-6-15-2-5-21-16(12-15)8-11-28-21)26-10-7-17-14-27-20-13-18(23)3-4-19(17)20;/h2-5,12-14,27H,6-11H2,1H3,(H2,24,25,26);1H. The minimum atomic E-state index is -0.223. The van der Waals surface area contributed by atoms with Crippen molar-refractivity contribution in [2.45, 2.75) is 19.3 Å². The van der Waals surface area contributed by atoms with Crippen LogP contribution in [0.5, 0.6) is 5.75 Å². The van der Waals surface area contributed by atoms with Gasteiger partial charge in [0.1, 0.15) is 11.6 Å². The largest absolute Gasteiger partial charge is 0.493 e. The summed E-state index contributed by atoms with van der Waals surface area (Å²) >= 11 is 0. The number of aromatic amines is 1. The first-order chi connectivity index (χ1) is 13.7. The number of hydrogen-bond donors (Lipinski definition) is 3. The third-order valence-corrected chi connectivity index (χ3v) is 5.10. The Morgan fingerprint density at radius 2 is 1.97 bits per heavy atom. The number of guanidine groups is 1. The molecule has 7 heteroatoms. The van der Waals surface area contributed by atoms with Crippen LogP contribution >= 0.6 is 24.0 Å². The topological polar surface area (TPSA) is 61.4 Å². The van der Waals surface area contributed by atoms with Crippen LogP contribution in [-0.2, 0) is 19.3 Å². The van der Waals surface area contributed by atoms with Gasteiger partial charge in [-0.2, -0.15) is 0 Å². The summed E-state index contributed by atoms with van der Waals surface area (Å²) < 4.78 is 18.8. The average molecular weight is 508 g/mol. The first kappa shape index (κ1) is 21.4. The number of halogens is 2. The number of hydrogen-bond acceptors (Lipinski definition) is 2. The highest BCUT2D eigenvalue weighted by Gasteiger charge is 2.11. The van der Waals surface area contributed by atoms with Crippen molar-refractivity contribution in [3.05, 3.63) is 65.1 Å². The predicted molar refractivity (Wildman–Crippen MR) is 126 cm³/mol. The Morgan fingerprint density at radius 3 is 2.79 bits per heavy atom. The van der Waals surface area contributed by atoms with E-state index in [4.69, 9.17) is 4.74 Å². The van der Waals surface area contributed by atoms with E-state index in [1.807, 2.05) is 12.3 Å². The van der Waals surface area contributed by atoms with E-state index >= 15 is 0 Å². The van der Waals surface area contributed by atoms with E-state index in [-0.39, 0.29) is 29.8 Å². The van der Waals surface area contributed by atoms with Gasteiger partial charge in [-0.1, -0.05) is 12.1 Å². The van der Waals surface area contributed by atoms with Crippen LogP contribution in [0.15, 0.2) is 47.6 Å². The molecule has 0 bridgehead atoms. The van der Waals surface area contributed by atoms with Crippen LogP contribution in [0.3, 0.4) is 0 Å². The van der Waals surface area contributed by atoms with Gasteiger partial charge < -0.3 is 20.4 Å². The molecule has 0 saturated heterocycles. The molecular formula is C22H26FIN4O. The van der Waals surface area contributed by atoms with Gasteiger partial charge in [-0.25, -0.2) is 4.39 Å². The van der Waals surface area contributed by atoms with Gasteiger partial charge in [0.05, 0.1) is 6.61 Å². The van der Waals surface area contributed by atoms with Gasteiger partial charge in [0, 0.05) is 43.7 Å². The Labute approximate surface area is 187 Å². The Hall–Kier alpha value is -2.29. The second-order valence-corrected chi connectivity index (χ2v) is 6.97. The minimum Gasteiger partial charge on any atom is -0.493 e. The van der Waals surface area contributed by atoms with Crippen LogP contribution in [0.2, 0.25) is 0 Å². The highest BCUT2D eigenvalue weighted by Crippen LogP contribution is 2.25. The van der Waals surface area contributed by atoms with Gasteiger partial charge in [-0.3, -0.25) is 4.99 Å². The molecule has 1 aliphatic heterocycles. The molecule has 0 fully saturated rings. The molecule has 1 aromatic heterocycles. The third kappa shape index (κ3) is 5.20. The second-order valence-electron chi connectivity index (χ2n) is 6.97. The number of aliphatic imine (C=N–C) groups is 1. The molecule has 0 saturated carbocycles. The summed E-state index contributed by atoms with van der Waals surface area (Å²) in [4.78, 5) is 7.42. The Balaban J connectivity index is 0.00000240. The Kier molecular flexibility index (Phi) is 7.35. The van der Waals surface area contributed by atoms with E-state index < -0.39 is 0 Å². The highest BCUT2D eigenvalue weighted by atomic mass is 127. The number of rotatable bonds is 6. The number of benzene rings is 2. The summed E-state index contributed by atoms with van der Waals surface area (Å²) in [5, 5.41) is 7.77. The van der Waals surface area contributed by atoms with Gasteiger partial charge in [0.15, 0.2) is 5.96 Å². The van der Waals surface area contributed by atoms with Crippen LogP contribution in [0.1, 0.15) is 16.7 Å². The molecule has 3 aromatic rings. The number of H-pyrrole nitrogens is 1. The Morgan fingerprint density at radius 1 is 1.14 bits per heavy atom. The molecule has 4 rings (SSSR count). The lowest BCUT2D eigenvalue weighted by atomic mass is 10.1. The molecule has 2 aromatic carbocycles. The number of nitrogens with zero attached hydrogens (tertiary/aromatic N) is 1. The Bertz CT molecular complexity index is 1000. The van der Waals surface area contributed by atoms with E-state index in [2.05, 4.69) is 38.8 Å². The number of ether oxygens (including phenoxy) is 1. The van der Waals surface area contributed by atoms with Crippen molar-refractivity contribution in [2.75, 3.05) is 26.7 Å². The summed E-state index contributed by atoms with van der Waals surface area (Å²) in [7, 11) is 1.77. The van der Waals surface area contributed by atoms with Crippen molar-refractivity contribution < 1.29 is 9.13 Å². The van der Waals surface area contributed by atoms with Crippen LogP contribution in [0.25, 0.3) is 10.9 Å². The minimum absolute atomic E-state index is 0. The maximum absolute atomic E-state index is 13.3. The SMILES string of the molecule is CN=C(NCCc1ccc2c(c1)CCO2)NCCc1c[nH]c2cc(F)ccc12.I. The molecule has 29 heavy (non-hydrogen) atoms. The van der Waals surface area contributed by atoms with Gasteiger partial charge >= 0.3 is 0 Å². The molecule has 0 spiro atoms. The molecule has 0 amide bonds. The molecule has 154 valence electrons. The van der Waals surface area contributed by atoms with Crippen LogP contribution < -0.4 is 15.4 Å². The first-order valence-corrected chi connectivity index (χ1v) is 9.67. The fourth-order valence-electron chi connectivity index (χ4n) is 3.62. The smallest absolute Gasteiger partial charge is 0.190 e. The summed E-state index contributed by atoms with van der Waals surface area (Å²) in [6, 6.07) is 11.3. The fourth-order valence-corrected chi connectivity index (χ4v) is 3.62. The summed E-state index contributed by atoms with van der Waals surface area (Å²) in [5.41, 5.74) is 4.60. The average Bonchev–Trinajstić information content (AvgIpc) is 3.33. The van der Waals surface area contributed by atoms with E-state index in [1.165, 1.54) is 28.8 Å². The molecule has 3 N–H and O–H groups in total. The maximum atomic E-state index is 13.3. The first-order valence-electron chi connectivity index (χ1n) is 9.67. The molecule has 2 heterocycles. The van der Waals surface area contributed by atoms with Crippen molar-refractivity contribution in [1.29, 1.82) is 0 Å². The van der Waals surface area contributed by atoms with E-state index in [1.54, 1.807) is 7.05 Å². The number of fused-ring (bicyclic) bond motifs is 2. The molecule has 1 aliphatic rings. The highest BCUT2D eigenvalue weighted by molar-refractivity contribution is 14.0. The molecule has 0 atom stereocenters. The zero-order chi connectivity index (χ0) is 19.3. The molecule has 0 radical (unpaired) electrons. The monoisotopic (exact) mass is 508 g/mol. The van der Waals surface area contributed by atoms with Crippen molar-refractivity contribution in [1.82, 2.24) is 15.6 Å². The zero-order valence-corrected chi connectivity index (χ0v) is 18.8. The summed E-state index contributed by atoms with van der Waals surface area (Å²) in [6.07, 6.45) is 4.71. The lowest BCUT2D eigenvalue weighted by Gasteiger charge is -2.12. The maximum Gasteiger partial charge on any atom is 0.190 e. The predicted octanol–water partition coefficient (Wildman–Crippen LogP) is 3.81. The number of nitrogens with one attached hydrogen (secondary N) is 3. The van der Waals surface area contributed by atoms with E-state index in [9.17, 15) is 4.39 Å². The van der Waals surface area contributed by atoms with Crippen LogP contribution in [0.4, 0.5) is 4.39 Å². The van der Waals surface area contributed by atoms with Crippen molar-refractivity contribution in [2.24, 2.45) is 4.99 Å². The normalized spacial score (nSPS) is 13.0.